The van der Waals surface area contributed by atoms with Gasteiger partial charge in [-0.15, -0.1) is 6.58 Å². The van der Waals surface area contributed by atoms with Crippen LogP contribution in [0.3, 0.4) is 0 Å². The molecule has 0 spiro atoms. The van der Waals surface area contributed by atoms with Crippen LogP contribution >= 0.6 is 39.1 Å². The van der Waals surface area contributed by atoms with E-state index >= 15 is 0 Å². The van der Waals surface area contributed by atoms with Crippen molar-refractivity contribution in [3.05, 3.63) is 39.3 Å². The van der Waals surface area contributed by atoms with E-state index in [1.807, 2.05) is 0 Å². The Hall–Kier alpha value is -0.0700. The zero-order valence-electron chi connectivity index (χ0n) is 9.42. The minimum atomic E-state index is -3.69. The quantitative estimate of drug-likeness (QED) is 0.605. The molecule has 0 radical (unpaired) electrons. The van der Waals surface area contributed by atoms with E-state index in [9.17, 15) is 8.42 Å². The van der Waals surface area contributed by atoms with Gasteiger partial charge in [0.05, 0.1) is 10.0 Å². The zero-order chi connectivity index (χ0) is 13.8. The minimum Gasteiger partial charge on any atom is -0.211 e. The first-order valence-electron chi connectivity index (χ1n) is 5.13. The molecule has 0 aromatic heterocycles. The summed E-state index contributed by atoms with van der Waals surface area (Å²) < 4.78 is 27.1. The van der Waals surface area contributed by atoms with Gasteiger partial charge in [0.1, 0.15) is 4.90 Å². The molecule has 0 aliphatic carbocycles. The smallest absolute Gasteiger partial charge is 0.211 e. The van der Waals surface area contributed by atoms with Crippen LogP contribution in [0.1, 0.15) is 12.8 Å². The molecule has 0 fully saturated rings. The van der Waals surface area contributed by atoms with Crippen molar-refractivity contribution in [1.82, 2.24) is 4.72 Å². The number of nitrogens with one attached hydrogen (secondary N) is 1. The summed E-state index contributed by atoms with van der Waals surface area (Å²) in [4.78, 5) is -0.0902. The Bertz CT molecular complexity index is 523. The number of hydrogen-bond donors (Lipinski definition) is 1. The summed E-state index contributed by atoms with van der Waals surface area (Å²) in [5.41, 5.74) is 0. The Kier molecular flexibility index (Phi) is 6.14. The van der Waals surface area contributed by atoms with Gasteiger partial charge in [0.2, 0.25) is 10.0 Å². The normalized spacial score (nSPS) is 11.5. The lowest BCUT2D eigenvalue weighted by atomic mass is 10.3. The van der Waals surface area contributed by atoms with Crippen molar-refractivity contribution in [3.8, 4) is 0 Å². The highest BCUT2D eigenvalue weighted by Gasteiger charge is 2.21. The molecule has 0 atom stereocenters. The summed E-state index contributed by atoms with van der Waals surface area (Å²) in [5, 5.41) is 0.177. The number of allylic oxidation sites excluding steroid dienone is 1. The second-order valence-corrected chi connectivity index (χ2v) is 6.96. The fourth-order valence-electron chi connectivity index (χ4n) is 1.31. The summed E-state index contributed by atoms with van der Waals surface area (Å²) in [7, 11) is -3.69. The first-order valence-corrected chi connectivity index (χ1v) is 8.17. The monoisotopic (exact) mass is 371 g/mol. The van der Waals surface area contributed by atoms with E-state index in [-0.39, 0.29) is 14.9 Å². The molecule has 0 saturated heterocycles. The van der Waals surface area contributed by atoms with Crippen LogP contribution in [-0.4, -0.2) is 15.0 Å². The first kappa shape index (κ1) is 16.0. The Morgan fingerprint density at radius 3 is 2.39 bits per heavy atom. The highest BCUT2D eigenvalue weighted by molar-refractivity contribution is 9.10. The molecule has 0 unspecified atom stereocenters. The molecule has 1 rings (SSSR count). The molecular weight excluding hydrogens is 361 g/mol. The largest absolute Gasteiger partial charge is 0.243 e. The van der Waals surface area contributed by atoms with Gasteiger partial charge < -0.3 is 0 Å². The Balaban J connectivity index is 2.95. The Labute approximate surface area is 125 Å². The van der Waals surface area contributed by atoms with E-state index in [4.69, 9.17) is 23.2 Å². The molecular formula is C11H12BrCl2NO2S. The van der Waals surface area contributed by atoms with E-state index in [2.05, 4.69) is 27.2 Å². The van der Waals surface area contributed by atoms with E-state index in [0.717, 1.165) is 6.42 Å². The lowest BCUT2D eigenvalue weighted by Crippen LogP contribution is -2.25. The second-order valence-electron chi connectivity index (χ2n) is 3.53. The fraction of sp³-hybridized carbons (Fsp3) is 0.273. The molecule has 0 aliphatic rings. The van der Waals surface area contributed by atoms with E-state index in [1.54, 1.807) is 6.08 Å². The summed E-state index contributed by atoms with van der Waals surface area (Å²) in [6.45, 7) is 3.88. The lowest BCUT2D eigenvalue weighted by molar-refractivity contribution is 0.579. The predicted molar refractivity (Wildman–Crippen MR) is 78.8 cm³/mol. The SMILES string of the molecule is C=CCCCNS(=O)(=O)c1c(Cl)cc(Br)cc1Cl. The average molecular weight is 373 g/mol. The van der Waals surface area contributed by atoms with Crippen LogP contribution in [-0.2, 0) is 10.0 Å². The first-order chi connectivity index (χ1) is 8.38. The van der Waals surface area contributed by atoms with E-state index in [1.165, 1.54) is 12.1 Å². The third kappa shape index (κ3) is 4.24. The van der Waals surface area contributed by atoms with Crippen LogP contribution in [0.5, 0.6) is 0 Å². The Morgan fingerprint density at radius 1 is 1.33 bits per heavy atom. The number of benzene rings is 1. The third-order valence-corrected chi connectivity index (χ3v) is 4.95. The van der Waals surface area contributed by atoms with Gasteiger partial charge in [0.15, 0.2) is 0 Å². The van der Waals surface area contributed by atoms with Gasteiger partial charge >= 0.3 is 0 Å². The summed E-state index contributed by atoms with van der Waals surface area (Å²) >= 11 is 15.0. The summed E-state index contributed by atoms with van der Waals surface area (Å²) in [5.74, 6) is 0. The van der Waals surface area contributed by atoms with Gasteiger partial charge in [0.25, 0.3) is 0 Å². The van der Waals surface area contributed by atoms with Crippen LogP contribution in [0.15, 0.2) is 34.2 Å². The van der Waals surface area contributed by atoms with Gasteiger partial charge in [-0.2, -0.15) is 0 Å². The number of rotatable bonds is 6. The standard InChI is InChI=1S/C11H12BrCl2NO2S/c1-2-3-4-5-15-18(16,17)11-9(13)6-8(12)7-10(11)14/h2,6-7,15H,1,3-5H2. The van der Waals surface area contributed by atoms with Gasteiger partial charge in [-0.1, -0.05) is 45.2 Å². The maximum atomic E-state index is 12.0. The molecule has 0 aliphatic heterocycles. The summed E-state index contributed by atoms with van der Waals surface area (Å²) in [6.07, 6.45) is 3.15. The molecule has 3 nitrogen and oxygen atoms in total. The molecule has 0 bridgehead atoms. The molecule has 7 heteroatoms. The van der Waals surface area contributed by atoms with E-state index < -0.39 is 10.0 Å². The van der Waals surface area contributed by atoms with Crippen molar-refractivity contribution in [2.45, 2.75) is 17.7 Å². The highest BCUT2D eigenvalue weighted by Crippen LogP contribution is 2.32. The van der Waals surface area contributed by atoms with Crippen molar-refractivity contribution < 1.29 is 8.42 Å². The van der Waals surface area contributed by atoms with Crippen LogP contribution in [0, 0.1) is 0 Å². The fourth-order valence-corrected chi connectivity index (χ4v) is 4.32. The predicted octanol–water partition coefficient (Wildman–Crippen LogP) is 4.00. The van der Waals surface area contributed by atoms with Gasteiger partial charge in [-0.05, 0) is 25.0 Å². The second kappa shape index (κ2) is 6.91. The van der Waals surface area contributed by atoms with E-state index in [0.29, 0.717) is 17.4 Å². The van der Waals surface area contributed by atoms with Crippen LogP contribution in [0.4, 0.5) is 0 Å². The van der Waals surface area contributed by atoms with Crippen molar-refractivity contribution in [2.24, 2.45) is 0 Å². The molecule has 100 valence electrons. The topological polar surface area (TPSA) is 46.2 Å². The highest BCUT2D eigenvalue weighted by atomic mass is 79.9. The number of unbranched alkanes of at least 4 members (excludes halogenated alkanes) is 1. The lowest BCUT2D eigenvalue weighted by Gasteiger charge is -2.10. The molecule has 0 amide bonds. The maximum absolute atomic E-state index is 12.0. The molecule has 0 saturated carbocycles. The van der Waals surface area contributed by atoms with Gasteiger partial charge in [-0.25, -0.2) is 13.1 Å². The zero-order valence-corrected chi connectivity index (χ0v) is 13.3. The molecule has 1 aromatic rings. The molecule has 18 heavy (non-hydrogen) atoms. The summed E-state index contributed by atoms with van der Waals surface area (Å²) in [6, 6.07) is 2.98. The molecule has 1 N–H and O–H groups in total. The molecule has 1 aromatic carbocycles. The number of halogens is 3. The van der Waals surface area contributed by atoms with Crippen molar-refractivity contribution in [1.29, 1.82) is 0 Å². The minimum absolute atomic E-state index is 0.0885. The number of sulfonamides is 1. The van der Waals surface area contributed by atoms with Crippen LogP contribution in [0.25, 0.3) is 0 Å². The van der Waals surface area contributed by atoms with Crippen molar-refractivity contribution >= 4 is 49.2 Å². The van der Waals surface area contributed by atoms with Crippen LogP contribution in [0.2, 0.25) is 10.0 Å². The van der Waals surface area contributed by atoms with Gasteiger partial charge in [0, 0.05) is 11.0 Å². The molecule has 0 heterocycles. The number of hydrogen-bond acceptors (Lipinski definition) is 2. The van der Waals surface area contributed by atoms with Crippen molar-refractivity contribution in [2.75, 3.05) is 6.54 Å². The average Bonchev–Trinajstić information content (AvgIpc) is 2.22. The van der Waals surface area contributed by atoms with Crippen molar-refractivity contribution in [3.63, 3.8) is 0 Å². The van der Waals surface area contributed by atoms with Gasteiger partial charge in [-0.3, -0.25) is 0 Å². The van der Waals surface area contributed by atoms with Crippen LogP contribution < -0.4 is 4.72 Å². The Morgan fingerprint density at radius 2 is 1.89 bits per heavy atom. The maximum Gasteiger partial charge on any atom is 0.243 e. The third-order valence-electron chi connectivity index (χ3n) is 2.11.